The lowest BCUT2D eigenvalue weighted by atomic mass is 10.2. The van der Waals surface area contributed by atoms with E-state index in [1.54, 1.807) is 7.11 Å². The predicted octanol–water partition coefficient (Wildman–Crippen LogP) is 3.34. The summed E-state index contributed by atoms with van der Waals surface area (Å²) < 4.78 is 6.16. The Morgan fingerprint density at radius 1 is 1.21 bits per heavy atom. The molecule has 2 rings (SSSR count). The van der Waals surface area contributed by atoms with Gasteiger partial charge in [0.2, 0.25) is 0 Å². The summed E-state index contributed by atoms with van der Waals surface area (Å²) in [5.41, 5.74) is 1.85. The quantitative estimate of drug-likeness (QED) is 0.904. The molecule has 0 bridgehead atoms. The molecule has 1 aromatic carbocycles. The van der Waals surface area contributed by atoms with Gasteiger partial charge >= 0.3 is 0 Å². The van der Waals surface area contributed by atoms with Crippen molar-refractivity contribution in [3.05, 3.63) is 34.6 Å². The Morgan fingerprint density at radius 2 is 1.95 bits per heavy atom. The Kier molecular flexibility index (Phi) is 4.21. The fraction of sp³-hybridized carbons (Fsp3) is 0.231. The van der Waals surface area contributed by atoms with Crippen LogP contribution in [0.3, 0.4) is 0 Å². The molecular weight excluding hydrogens is 308 g/mol. The summed E-state index contributed by atoms with van der Waals surface area (Å²) >= 11 is 3.50. The number of benzene rings is 1. The van der Waals surface area contributed by atoms with E-state index in [-0.39, 0.29) is 0 Å². The smallest absolute Gasteiger partial charge is 0.138 e. The van der Waals surface area contributed by atoms with Crippen molar-refractivity contribution in [2.75, 3.05) is 24.8 Å². The van der Waals surface area contributed by atoms with Gasteiger partial charge in [0.15, 0.2) is 0 Å². The van der Waals surface area contributed by atoms with Gasteiger partial charge in [-0.1, -0.05) is 0 Å². The molecule has 0 aliphatic heterocycles. The largest absolute Gasteiger partial charge is 0.497 e. The van der Waals surface area contributed by atoms with Crippen LogP contribution in [0.5, 0.6) is 5.75 Å². The van der Waals surface area contributed by atoms with Gasteiger partial charge in [-0.15, -0.1) is 0 Å². The van der Waals surface area contributed by atoms with Crippen LogP contribution in [0.15, 0.2) is 29.0 Å². The molecule has 0 unspecified atom stereocenters. The number of hydrogen-bond donors (Lipinski definition) is 2. The first-order valence-electron chi connectivity index (χ1n) is 5.75. The predicted molar refractivity (Wildman–Crippen MR) is 80.3 cm³/mol. The van der Waals surface area contributed by atoms with Gasteiger partial charge in [0.05, 0.1) is 12.8 Å². The van der Waals surface area contributed by atoms with Crippen molar-refractivity contribution in [2.24, 2.45) is 0 Å². The summed E-state index contributed by atoms with van der Waals surface area (Å²) in [7, 11) is 3.47. The maximum atomic E-state index is 5.22. The van der Waals surface area contributed by atoms with Crippen molar-refractivity contribution < 1.29 is 4.74 Å². The van der Waals surface area contributed by atoms with Crippen molar-refractivity contribution in [2.45, 2.75) is 6.92 Å². The fourth-order valence-electron chi connectivity index (χ4n) is 1.68. The highest BCUT2D eigenvalue weighted by Gasteiger charge is 2.08. The maximum Gasteiger partial charge on any atom is 0.138 e. The van der Waals surface area contributed by atoms with Crippen LogP contribution < -0.4 is 15.4 Å². The lowest BCUT2D eigenvalue weighted by Crippen LogP contribution is -2.03. The lowest BCUT2D eigenvalue weighted by Gasteiger charge is -2.13. The molecule has 2 aromatic rings. The standard InChI is InChI=1S/C13H15BrN4O/c1-8-12(15-2)16-7-17-13(8)18-11-6-9(19-3)4-5-10(11)14/h4-7H,1-3H3,(H2,15,16,17,18). The molecule has 0 fully saturated rings. The number of methoxy groups -OCH3 is 1. The number of anilines is 3. The summed E-state index contributed by atoms with van der Waals surface area (Å²) in [6.07, 6.45) is 1.52. The number of aromatic nitrogens is 2. The van der Waals surface area contributed by atoms with E-state index in [1.807, 2.05) is 32.2 Å². The normalized spacial score (nSPS) is 10.1. The molecule has 6 heteroatoms. The first kappa shape index (κ1) is 13.6. The van der Waals surface area contributed by atoms with Crippen molar-refractivity contribution in [1.82, 2.24) is 9.97 Å². The van der Waals surface area contributed by atoms with E-state index in [2.05, 4.69) is 36.5 Å². The van der Waals surface area contributed by atoms with Gasteiger partial charge in [-0.05, 0) is 35.0 Å². The van der Waals surface area contributed by atoms with Crippen LogP contribution >= 0.6 is 15.9 Å². The number of nitrogens with one attached hydrogen (secondary N) is 2. The van der Waals surface area contributed by atoms with Crippen molar-refractivity contribution in [3.8, 4) is 5.75 Å². The Hall–Kier alpha value is -1.82. The average Bonchev–Trinajstić information content (AvgIpc) is 2.43. The van der Waals surface area contributed by atoms with Gasteiger partial charge in [0.25, 0.3) is 0 Å². The van der Waals surface area contributed by atoms with Crippen LogP contribution in [0.4, 0.5) is 17.3 Å². The minimum Gasteiger partial charge on any atom is -0.497 e. The lowest BCUT2D eigenvalue weighted by molar-refractivity contribution is 0.415. The van der Waals surface area contributed by atoms with Gasteiger partial charge in [-0.3, -0.25) is 0 Å². The van der Waals surface area contributed by atoms with Crippen LogP contribution in [0.25, 0.3) is 0 Å². The zero-order chi connectivity index (χ0) is 13.8. The first-order chi connectivity index (χ1) is 9.15. The molecule has 1 aromatic heterocycles. The van der Waals surface area contributed by atoms with Crippen LogP contribution in [-0.4, -0.2) is 24.1 Å². The molecule has 0 atom stereocenters. The van der Waals surface area contributed by atoms with Crippen LogP contribution in [0.2, 0.25) is 0 Å². The van der Waals surface area contributed by atoms with E-state index in [1.165, 1.54) is 6.33 Å². The third kappa shape index (κ3) is 2.96. The van der Waals surface area contributed by atoms with Crippen LogP contribution in [0.1, 0.15) is 5.56 Å². The first-order valence-corrected chi connectivity index (χ1v) is 6.55. The minimum atomic E-state index is 0.758. The number of rotatable bonds is 4. The molecule has 0 saturated heterocycles. The Bertz CT molecular complexity index is 589. The zero-order valence-electron chi connectivity index (χ0n) is 11.0. The molecule has 0 radical (unpaired) electrons. The second-order valence-corrected chi connectivity index (χ2v) is 4.77. The van der Waals surface area contributed by atoms with E-state index in [9.17, 15) is 0 Å². The highest BCUT2D eigenvalue weighted by molar-refractivity contribution is 9.10. The molecule has 2 N–H and O–H groups in total. The minimum absolute atomic E-state index is 0.758. The van der Waals surface area contributed by atoms with Gasteiger partial charge < -0.3 is 15.4 Å². The summed E-state index contributed by atoms with van der Waals surface area (Å²) in [5.74, 6) is 2.34. The second-order valence-electron chi connectivity index (χ2n) is 3.92. The van der Waals surface area contributed by atoms with E-state index >= 15 is 0 Å². The highest BCUT2D eigenvalue weighted by atomic mass is 79.9. The van der Waals surface area contributed by atoms with E-state index in [4.69, 9.17) is 4.74 Å². The van der Waals surface area contributed by atoms with Crippen molar-refractivity contribution in [3.63, 3.8) is 0 Å². The van der Waals surface area contributed by atoms with Crippen LogP contribution in [0, 0.1) is 6.92 Å². The van der Waals surface area contributed by atoms with Crippen LogP contribution in [-0.2, 0) is 0 Å². The second kappa shape index (κ2) is 5.88. The molecule has 0 saturated carbocycles. The summed E-state index contributed by atoms with van der Waals surface area (Å²) in [4.78, 5) is 8.41. The highest BCUT2D eigenvalue weighted by Crippen LogP contribution is 2.30. The molecule has 5 nitrogen and oxygen atoms in total. The van der Waals surface area contributed by atoms with E-state index in [0.29, 0.717) is 0 Å². The molecule has 1 heterocycles. The van der Waals surface area contributed by atoms with Crippen molar-refractivity contribution in [1.29, 1.82) is 0 Å². The number of ether oxygens (including phenoxy) is 1. The number of nitrogens with zero attached hydrogens (tertiary/aromatic N) is 2. The summed E-state index contributed by atoms with van der Waals surface area (Å²) in [6.45, 7) is 1.96. The summed E-state index contributed by atoms with van der Waals surface area (Å²) in [5, 5.41) is 6.30. The Balaban J connectivity index is 2.36. The number of halogens is 1. The fourth-order valence-corrected chi connectivity index (χ4v) is 2.03. The average molecular weight is 323 g/mol. The van der Waals surface area contributed by atoms with Gasteiger partial charge in [0.1, 0.15) is 23.7 Å². The zero-order valence-corrected chi connectivity index (χ0v) is 12.6. The molecule has 0 aliphatic carbocycles. The molecule has 0 amide bonds. The van der Waals surface area contributed by atoms with E-state index < -0.39 is 0 Å². The third-order valence-corrected chi connectivity index (χ3v) is 3.44. The summed E-state index contributed by atoms with van der Waals surface area (Å²) in [6, 6.07) is 5.72. The molecule has 19 heavy (non-hydrogen) atoms. The Morgan fingerprint density at radius 3 is 2.63 bits per heavy atom. The van der Waals surface area contributed by atoms with Gasteiger partial charge in [-0.2, -0.15) is 0 Å². The maximum absolute atomic E-state index is 5.22. The van der Waals surface area contributed by atoms with Gasteiger partial charge in [-0.25, -0.2) is 9.97 Å². The third-order valence-electron chi connectivity index (χ3n) is 2.75. The Labute approximate surface area is 120 Å². The molecule has 0 spiro atoms. The molecular formula is C13H15BrN4O. The molecule has 0 aliphatic rings. The monoisotopic (exact) mass is 322 g/mol. The SMILES string of the molecule is CNc1ncnc(Nc2cc(OC)ccc2Br)c1C. The van der Waals surface area contributed by atoms with Gasteiger partial charge in [0, 0.05) is 23.2 Å². The van der Waals surface area contributed by atoms with Crippen molar-refractivity contribution >= 4 is 33.3 Å². The number of hydrogen-bond acceptors (Lipinski definition) is 5. The van der Waals surface area contributed by atoms with E-state index in [0.717, 1.165) is 33.1 Å². The molecule has 100 valence electrons. The topological polar surface area (TPSA) is 59.1 Å².